The molecule has 0 N–H and O–H groups in total. The van der Waals surface area contributed by atoms with Crippen molar-refractivity contribution in [3.8, 4) is 11.5 Å². The molecule has 2 atom stereocenters. The van der Waals surface area contributed by atoms with Crippen LogP contribution < -0.4 is 9.47 Å². The van der Waals surface area contributed by atoms with Crippen LogP contribution in [0, 0.1) is 0 Å². The van der Waals surface area contributed by atoms with Gasteiger partial charge in [0.15, 0.2) is 5.76 Å². The normalized spacial score (nSPS) is 16.0. The summed E-state index contributed by atoms with van der Waals surface area (Å²) in [7, 11) is 0. The second-order valence-corrected chi connectivity index (χ2v) is 12.7. The van der Waals surface area contributed by atoms with Gasteiger partial charge in [-0.25, -0.2) is 0 Å². The third kappa shape index (κ3) is 8.44. The molecule has 6 aromatic rings. The van der Waals surface area contributed by atoms with Crippen LogP contribution in [0.2, 0.25) is 0 Å². The van der Waals surface area contributed by atoms with Gasteiger partial charge in [-0.1, -0.05) is 140 Å². The van der Waals surface area contributed by atoms with E-state index in [2.05, 4.69) is 4.90 Å². The molecule has 4 nitrogen and oxygen atoms in total. The van der Waals surface area contributed by atoms with E-state index < -0.39 is 24.1 Å². The number of allylic oxidation sites excluding steroid dienone is 1. The lowest BCUT2D eigenvalue weighted by Gasteiger charge is -2.37. The Kier molecular flexibility index (Phi) is 10.4. The Hall–Kier alpha value is -5.53. The largest absolute Gasteiger partial charge is 0.488 e. The summed E-state index contributed by atoms with van der Waals surface area (Å²) in [6.07, 6.45) is -4.09. The van der Waals surface area contributed by atoms with E-state index in [9.17, 15) is 13.2 Å². The van der Waals surface area contributed by atoms with Crippen molar-refractivity contribution in [2.24, 2.45) is 0 Å². The van der Waals surface area contributed by atoms with Crippen LogP contribution in [0.3, 0.4) is 0 Å². The Morgan fingerprint density at radius 1 is 0.569 bits per heavy atom. The minimum absolute atomic E-state index is 0.230. The maximum absolute atomic E-state index is 14.7. The van der Waals surface area contributed by atoms with Gasteiger partial charge in [0.1, 0.15) is 30.8 Å². The van der Waals surface area contributed by atoms with Crippen LogP contribution in [0.5, 0.6) is 11.5 Å². The summed E-state index contributed by atoms with van der Waals surface area (Å²) in [5, 5.41) is 1.54. The number of ether oxygens (including phenoxy) is 3. The molecule has 0 aromatic heterocycles. The van der Waals surface area contributed by atoms with Crippen molar-refractivity contribution in [1.82, 2.24) is 4.90 Å². The molecule has 0 bridgehead atoms. The smallest absolute Gasteiger partial charge is 0.448 e. The molecule has 51 heavy (non-hydrogen) atoms. The summed E-state index contributed by atoms with van der Waals surface area (Å²) in [4.78, 5) is 2.09. The van der Waals surface area contributed by atoms with Gasteiger partial charge < -0.3 is 14.2 Å². The molecule has 7 rings (SSSR count). The van der Waals surface area contributed by atoms with Gasteiger partial charge in [-0.2, -0.15) is 13.2 Å². The van der Waals surface area contributed by atoms with Crippen LogP contribution in [-0.2, 0) is 31.0 Å². The molecule has 258 valence electrons. The molecule has 0 spiro atoms. The van der Waals surface area contributed by atoms with Gasteiger partial charge in [0, 0.05) is 41.9 Å². The summed E-state index contributed by atoms with van der Waals surface area (Å²) in [6, 6.07) is 48.1. The van der Waals surface area contributed by atoms with Crippen LogP contribution >= 0.6 is 0 Å². The Morgan fingerprint density at radius 2 is 1.10 bits per heavy atom. The Balaban J connectivity index is 1.28. The Labute approximate surface area is 296 Å². The van der Waals surface area contributed by atoms with Crippen molar-refractivity contribution in [2.45, 2.75) is 51.0 Å². The lowest BCUT2D eigenvalue weighted by atomic mass is 9.93. The van der Waals surface area contributed by atoms with Crippen LogP contribution in [0.15, 0.2) is 163 Å². The fraction of sp³-hybridized carbons (Fsp3) is 0.182. The number of nitrogens with zero attached hydrogens (tertiary/aromatic N) is 1. The number of alkyl halides is 3. The monoisotopic (exact) mass is 685 g/mol. The molecule has 1 aliphatic heterocycles. The zero-order chi connectivity index (χ0) is 35.0. The van der Waals surface area contributed by atoms with E-state index in [0.717, 1.165) is 33.0 Å². The number of benzene rings is 6. The molecule has 0 aliphatic carbocycles. The second-order valence-electron chi connectivity index (χ2n) is 12.7. The highest BCUT2D eigenvalue weighted by Gasteiger charge is 2.43. The second kappa shape index (κ2) is 15.6. The van der Waals surface area contributed by atoms with E-state index in [4.69, 9.17) is 14.2 Å². The van der Waals surface area contributed by atoms with Crippen molar-refractivity contribution < 1.29 is 27.4 Å². The highest BCUT2D eigenvalue weighted by Crippen LogP contribution is 2.45. The van der Waals surface area contributed by atoms with E-state index in [1.807, 2.05) is 152 Å². The predicted molar refractivity (Wildman–Crippen MR) is 194 cm³/mol. The predicted octanol–water partition coefficient (Wildman–Crippen LogP) is 11.0. The first-order chi connectivity index (χ1) is 24.9. The van der Waals surface area contributed by atoms with E-state index in [1.165, 1.54) is 6.08 Å². The molecule has 1 aliphatic rings. The number of hydrogen-bond acceptors (Lipinski definition) is 4. The molecule has 0 radical (unpaired) electrons. The molecule has 0 unspecified atom stereocenters. The molecule has 6 aromatic carbocycles. The summed E-state index contributed by atoms with van der Waals surface area (Å²) >= 11 is 0. The quantitative estimate of drug-likeness (QED) is 0.128. The van der Waals surface area contributed by atoms with E-state index in [0.29, 0.717) is 36.8 Å². The molecular weight excluding hydrogens is 647 g/mol. The van der Waals surface area contributed by atoms with Crippen LogP contribution in [0.25, 0.3) is 10.8 Å². The van der Waals surface area contributed by atoms with E-state index in [1.54, 1.807) is 0 Å². The van der Waals surface area contributed by atoms with Gasteiger partial charge >= 0.3 is 6.18 Å². The standard InChI is InChI=1S/C44H38F3NO3/c45-44(46,47)42-27-36(48(28-32-14-5-1-6-15-32)29-33-16-7-2-8-17-33)26-41(51-42)39-25-24-37-38(43(39)50-31-35-20-11-4-12-21-35)22-13-23-40(37)49-30-34-18-9-3-10-19-34/h1-25,27,36,41H,26,28-31H2/t36-,41-/m0/s1. The SMILES string of the molecule is FC(F)(F)C1=C[C@@H](N(Cc2ccccc2)Cc2ccccc2)C[C@@H](c2ccc3c(OCc4ccccc4)cccc3c2OCc2ccccc2)O1. The first-order valence-electron chi connectivity index (χ1n) is 17.1. The Bertz CT molecular complexity index is 2010. The lowest BCUT2D eigenvalue weighted by Crippen LogP contribution is -2.38. The first-order valence-corrected chi connectivity index (χ1v) is 17.1. The lowest BCUT2D eigenvalue weighted by molar-refractivity contribution is -0.148. The zero-order valence-corrected chi connectivity index (χ0v) is 28.0. The van der Waals surface area contributed by atoms with Crippen LogP contribution in [-0.4, -0.2) is 17.1 Å². The molecular formula is C44H38F3NO3. The summed E-state index contributed by atoms with van der Waals surface area (Å²) in [5.74, 6) is 0.137. The molecule has 0 saturated carbocycles. The number of halogens is 3. The summed E-state index contributed by atoms with van der Waals surface area (Å²) in [6.45, 7) is 1.53. The summed E-state index contributed by atoms with van der Waals surface area (Å²) < 4.78 is 62.7. The van der Waals surface area contributed by atoms with Crippen molar-refractivity contribution in [3.63, 3.8) is 0 Å². The Morgan fingerprint density at radius 3 is 1.65 bits per heavy atom. The van der Waals surface area contributed by atoms with Crippen molar-refractivity contribution in [3.05, 3.63) is 191 Å². The van der Waals surface area contributed by atoms with Gasteiger partial charge in [-0.05, 0) is 40.5 Å². The van der Waals surface area contributed by atoms with Gasteiger partial charge in [-0.15, -0.1) is 0 Å². The minimum atomic E-state index is -4.68. The highest BCUT2D eigenvalue weighted by atomic mass is 19.4. The van der Waals surface area contributed by atoms with Crippen LogP contribution in [0.1, 0.15) is 40.3 Å². The molecule has 0 saturated heterocycles. The molecule has 7 heteroatoms. The average molecular weight is 686 g/mol. The van der Waals surface area contributed by atoms with Gasteiger partial charge in [0.2, 0.25) is 0 Å². The minimum Gasteiger partial charge on any atom is -0.488 e. The number of fused-ring (bicyclic) bond motifs is 1. The fourth-order valence-corrected chi connectivity index (χ4v) is 6.56. The van der Waals surface area contributed by atoms with Gasteiger partial charge in [0.05, 0.1) is 0 Å². The number of rotatable bonds is 12. The molecule has 0 amide bonds. The summed E-state index contributed by atoms with van der Waals surface area (Å²) in [5.41, 5.74) is 4.54. The van der Waals surface area contributed by atoms with Crippen molar-refractivity contribution >= 4 is 10.8 Å². The van der Waals surface area contributed by atoms with Gasteiger partial charge in [0.25, 0.3) is 0 Å². The zero-order valence-electron chi connectivity index (χ0n) is 28.0. The number of hydrogen-bond donors (Lipinski definition) is 0. The highest BCUT2D eigenvalue weighted by molar-refractivity contribution is 5.94. The first kappa shape index (κ1) is 33.9. The van der Waals surface area contributed by atoms with E-state index in [-0.39, 0.29) is 13.0 Å². The topological polar surface area (TPSA) is 30.9 Å². The fourth-order valence-electron chi connectivity index (χ4n) is 6.56. The van der Waals surface area contributed by atoms with Crippen molar-refractivity contribution in [2.75, 3.05) is 0 Å². The molecule has 1 heterocycles. The van der Waals surface area contributed by atoms with Crippen LogP contribution in [0.4, 0.5) is 13.2 Å². The van der Waals surface area contributed by atoms with E-state index >= 15 is 0 Å². The molecule has 0 fully saturated rings. The van der Waals surface area contributed by atoms with Gasteiger partial charge in [-0.3, -0.25) is 4.90 Å². The maximum Gasteiger partial charge on any atom is 0.448 e. The average Bonchev–Trinajstić information content (AvgIpc) is 3.17. The third-order valence-corrected chi connectivity index (χ3v) is 9.09. The third-order valence-electron chi connectivity index (χ3n) is 9.09. The maximum atomic E-state index is 14.7. The van der Waals surface area contributed by atoms with Crippen molar-refractivity contribution in [1.29, 1.82) is 0 Å².